The third kappa shape index (κ3) is 5.04. The second-order valence-corrected chi connectivity index (χ2v) is 6.51. The molecule has 0 saturated carbocycles. The smallest absolute Gasteiger partial charge is 0.354 e. The highest BCUT2D eigenvalue weighted by Gasteiger charge is 2.16. The Bertz CT molecular complexity index is 831. The van der Waals surface area contributed by atoms with Crippen molar-refractivity contribution in [1.82, 2.24) is 4.98 Å². The number of amides is 1. The van der Waals surface area contributed by atoms with Crippen LogP contribution in [0.2, 0.25) is 0 Å². The maximum atomic E-state index is 12.4. The average Bonchev–Trinajstić information content (AvgIpc) is 2.69. The van der Waals surface area contributed by atoms with Crippen molar-refractivity contribution in [3.05, 3.63) is 53.3 Å². The molecule has 0 spiro atoms. The normalized spacial score (nSPS) is 14.6. The van der Waals surface area contributed by atoms with Gasteiger partial charge in [0.1, 0.15) is 17.1 Å². The molecule has 0 bridgehead atoms. The van der Waals surface area contributed by atoms with Crippen LogP contribution in [0.25, 0.3) is 0 Å². The first-order valence-corrected chi connectivity index (χ1v) is 8.86. The fraction of sp³-hybridized carbons (Fsp3) is 0.350. The van der Waals surface area contributed by atoms with Gasteiger partial charge in [0.15, 0.2) is 0 Å². The number of carboxylic acid groups (broad SMARTS) is 1. The molecular weight excluding hydrogens is 348 g/mol. The van der Waals surface area contributed by atoms with Crippen molar-refractivity contribution < 1.29 is 24.2 Å². The highest BCUT2D eigenvalue weighted by Crippen LogP contribution is 2.25. The number of benzene rings is 1. The number of ether oxygens (including phenoxy) is 2. The van der Waals surface area contributed by atoms with Crippen LogP contribution in [-0.4, -0.2) is 41.8 Å². The lowest BCUT2D eigenvalue weighted by atomic mass is 10.0. The largest absolute Gasteiger partial charge is 0.493 e. The van der Waals surface area contributed by atoms with Gasteiger partial charge >= 0.3 is 5.97 Å². The van der Waals surface area contributed by atoms with E-state index in [1.54, 1.807) is 12.1 Å². The predicted octanol–water partition coefficient (Wildman–Crippen LogP) is 3.15. The number of nitrogens with zero attached hydrogens (tertiary/aromatic N) is 1. The second-order valence-electron chi connectivity index (χ2n) is 6.51. The number of anilines is 1. The van der Waals surface area contributed by atoms with E-state index >= 15 is 0 Å². The molecule has 142 valence electrons. The van der Waals surface area contributed by atoms with Crippen molar-refractivity contribution in [2.24, 2.45) is 5.92 Å². The van der Waals surface area contributed by atoms with Gasteiger partial charge in [-0.05, 0) is 49.4 Å². The van der Waals surface area contributed by atoms with Crippen LogP contribution in [0.15, 0.2) is 36.4 Å². The van der Waals surface area contributed by atoms with Crippen molar-refractivity contribution in [3.8, 4) is 5.75 Å². The fourth-order valence-corrected chi connectivity index (χ4v) is 2.83. The van der Waals surface area contributed by atoms with Gasteiger partial charge in [-0.2, -0.15) is 0 Å². The zero-order valence-electron chi connectivity index (χ0n) is 15.1. The van der Waals surface area contributed by atoms with E-state index < -0.39 is 11.9 Å². The minimum atomic E-state index is -1.18. The molecule has 7 heteroatoms. The van der Waals surface area contributed by atoms with Crippen molar-refractivity contribution >= 4 is 17.6 Å². The second kappa shape index (κ2) is 8.64. The predicted molar refractivity (Wildman–Crippen MR) is 99.4 cm³/mol. The topological polar surface area (TPSA) is 97.8 Å². The molecule has 3 rings (SSSR count). The maximum absolute atomic E-state index is 12.4. The molecule has 2 heterocycles. The summed E-state index contributed by atoms with van der Waals surface area (Å²) in [5, 5.41) is 11.7. The van der Waals surface area contributed by atoms with E-state index in [0.29, 0.717) is 24.0 Å². The van der Waals surface area contributed by atoms with E-state index in [1.165, 1.54) is 18.2 Å². The Labute approximate surface area is 157 Å². The summed E-state index contributed by atoms with van der Waals surface area (Å²) in [6.07, 6.45) is 1.97. The number of aryl methyl sites for hydroxylation is 1. The lowest BCUT2D eigenvalue weighted by molar-refractivity contribution is 0.0496. The van der Waals surface area contributed by atoms with Crippen molar-refractivity contribution in [1.29, 1.82) is 0 Å². The summed E-state index contributed by atoms with van der Waals surface area (Å²) in [5.41, 5.74) is 1.41. The molecule has 1 amide bonds. The van der Waals surface area contributed by atoms with E-state index in [0.717, 1.165) is 31.6 Å². The van der Waals surface area contributed by atoms with Crippen LogP contribution in [0.3, 0.4) is 0 Å². The molecule has 0 atom stereocenters. The first kappa shape index (κ1) is 18.8. The van der Waals surface area contributed by atoms with Crippen LogP contribution in [0.5, 0.6) is 5.75 Å². The molecule has 1 aromatic heterocycles. The Hall–Kier alpha value is -2.93. The monoisotopic (exact) mass is 370 g/mol. The number of aromatic carboxylic acids is 1. The molecule has 1 aliphatic heterocycles. The standard InChI is InChI=1S/C20H22N2O5/c1-13-5-6-15(11-18(13)27-12-14-7-9-26-10-8-14)21-19(23)16-3-2-4-17(22-16)20(24)25/h2-6,11,14H,7-10,12H2,1H3,(H,21,23)(H,24,25). The van der Waals surface area contributed by atoms with Crippen LogP contribution < -0.4 is 10.1 Å². The number of carbonyl (C=O) groups excluding carboxylic acids is 1. The molecule has 7 nitrogen and oxygen atoms in total. The molecule has 0 radical (unpaired) electrons. The molecule has 1 fully saturated rings. The molecule has 0 aliphatic carbocycles. The quantitative estimate of drug-likeness (QED) is 0.811. The average molecular weight is 370 g/mol. The van der Waals surface area contributed by atoms with E-state index in [2.05, 4.69) is 10.3 Å². The lowest BCUT2D eigenvalue weighted by Crippen LogP contribution is -2.21. The van der Waals surface area contributed by atoms with Crippen LogP contribution in [-0.2, 0) is 4.74 Å². The number of carbonyl (C=O) groups is 2. The molecule has 27 heavy (non-hydrogen) atoms. The number of carboxylic acids is 1. The third-order valence-corrected chi connectivity index (χ3v) is 4.46. The molecule has 2 aromatic rings. The van der Waals surface area contributed by atoms with Gasteiger partial charge in [0, 0.05) is 25.0 Å². The Balaban J connectivity index is 1.67. The lowest BCUT2D eigenvalue weighted by Gasteiger charge is -2.22. The summed E-state index contributed by atoms with van der Waals surface area (Å²) >= 11 is 0. The number of aromatic nitrogens is 1. The summed E-state index contributed by atoms with van der Waals surface area (Å²) < 4.78 is 11.3. The van der Waals surface area contributed by atoms with Gasteiger partial charge in [0.05, 0.1) is 6.61 Å². The SMILES string of the molecule is Cc1ccc(NC(=O)c2cccc(C(=O)O)n2)cc1OCC1CCOCC1. The minimum Gasteiger partial charge on any atom is -0.493 e. The van der Waals surface area contributed by atoms with Crippen LogP contribution >= 0.6 is 0 Å². The van der Waals surface area contributed by atoms with Crippen molar-refractivity contribution in [3.63, 3.8) is 0 Å². The molecule has 1 saturated heterocycles. The van der Waals surface area contributed by atoms with E-state index in [9.17, 15) is 9.59 Å². The molecule has 2 N–H and O–H groups in total. The van der Waals surface area contributed by atoms with Gasteiger partial charge in [-0.1, -0.05) is 12.1 Å². The van der Waals surface area contributed by atoms with Gasteiger partial charge < -0.3 is 19.9 Å². The summed E-state index contributed by atoms with van der Waals surface area (Å²) in [6, 6.07) is 9.72. The number of pyridine rings is 1. The van der Waals surface area contributed by atoms with E-state index in [-0.39, 0.29) is 11.4 Å². The van der Waals surface area contributed by atoms with Gasteiger partial charge in [-0.3, -0.25) is 4.79 Å². The van der Waals surface area contributed by atoms with Crippen LogP contribution in [0, 0.1) is 12.8 Å². The number of rotatable bonds is 6. The van der Waals surface area contributed by atoms with Gasteiger partial charge in [-0.15, -0.1) is 0 Å². The molecule has 1 aliphatic rings. The number of hydrogen-bond acceptors (Lipinski definition) is 5. The Morgan fingerprint density at radius 3 is 2.70 bits per heavy atom. The van der Waals surface area contributed by atoms with Gasteiger partial charge in [0.25, 0.3) is 5.91 Å². The molecular formula is C20H22N2O5. The maximum Gasteiger partial charge on any atom is 0.354 e. The van der Waals surface area contributed by atoms with Crippen LogP contribution in [0.1, 0.15) is 39.4 Å². The van der Waals surface area contributed by atoms with Crippen molar-refractivity contribution in [2.45, 2.75) is 19.8 Å². The Morgan fingerprint density at radius 1 is 1.22 bits per heavy atom. The first-order chi connectivity index (χ1) is 13.0. The van der Waals surface area contributed by atoms with Crippen molar-refractivity contribution in [2.75, 3.05) is 25.1 Å². The zero-order valence-corrected chi connectivity index (χ0v) is 15.1. The summed E-state index contributed by atoms with van der Waals surface area (Å²) in [5.74, 6) is -0.466. The van der Waals surface area contributed by atoms with E-state index in [4.69, 9.17) is 14.6 Å². The van der Waals surface area contributed by atoms with Crippen LogP contribution in [0.4, 0.5) is 5.69 Å². The minimum absolute atomic E-state index is 0.0418. The summed E-state index contributed by atoms with van der Waals surface area (Å²) in [6.45, 7) is 4.10. The Morgan fingerprint density at radius 2 is 1.96 bits per heavy atom. The molecule has 0 unspecified atom stereocenters. The highest BCUT2D eigenvalue weighted by atomic mass is 16.5. The number of nitrogens with one attached hydrogen (secondary N) is 1. The first-order valence-electron chi connectivity index (χ1n) is 8.86. The molecule has 1 aromatic carbocycles. The van der Waals surface area contributed by atoms with Gasteiger partial charge in [0.2, 0.25) is 0 Å². The number of hydrogen-bond donors (Lipinski definition) is 2. The summed E-state index contributed by atoms with van der Waals surface area (Å²) in [4.78, 5) is 27.2. The highest BCUT2D eigenvalue weighted by molar-refractivity contribution is 6.03. The fourth-order valence-electron chi connectivity index (χ4n) is 2.83. The van der Waals surface area contributed by atoms with E-state index in [1.807, 2.05) is 13.0 Å². The Kier molecular flexibility index (Phi) is 6.03. The van der Waals surface area contributed by atoms with Gasteiger partial charge in [-0.25, -0.2) is 9.78 Å². The zero-order chi connectivity index (χ0) is 19.2. The summed E-state index contributed by atoms with van der Waals surface area (Å²) in [7, 11) is 0. The third-order valence-electron chi connectivity index (χ3n) is 4.46.